The summed E-state index contributed by atoms with van der Waals surface area (Å²) in [6.45, 7) is 0.806. The zero-order valence-electron chi connectivity index (χ0n) is 15.2. The summed E-state index contributed by atoms with van der Waals surface area (Å²) in [5.41, 5.74) is 1.36. The molecule has 7 nitrogen and oxygen atoms in total. The maximum absolute atomic E-state index is 13.4. The maximum atomic E-state index is 13.4. The number of hydrogen-bond donors (Lipinski definition) is 2. The molecule has 1 amide bonds. The van der Waals surface area contributed by atoms with E-state index in [4.69, 9.17) is 0 Å². The zero-order chi connectivity index (χ0) is 18.8. The number of fused-ring (bicyclic) bond motifs is 1. The summed E-state index contributed by atoms with van der Waals surface area (Å²) in [4.78, 5) is 47.9. The van der Waals surface area contributed by atoms with Gasteiger partial charge >= 0.3 is 5.69 Å². The lowest BCUT2D eigenvalue weighted by Gasteiger charge is -2.33. The highest BCUT2D eigenvalue weighted by Gasteiger charge is 2.35. The van der Waals surface area contributed by atoms with Gasteiger partial charge in [0.25, 0.3) is 5.56 Å². The number of H-pyrrole nitrogens is 2. The molecule has 0 spiro atoms. The second kappa shape index (κ2) is 7.50. The quantitative estimate of drug-likeness (QED) is 0.852. The normalized spacial score (nSPS) is 18.3. The molecule has 0 bridgehead atoms. The number of carbonyl (C=O) groups is 1. The summed E-state index contributed by atoms with van der Waals surface area (Å²) in [5, 5.41) is 0. The van der Waals surface area contributed by atoms with Gasteiger partial charge in [0.05, 0.1) is 6.54 Å². The predicted molar refractivity (Wildman–Crippen MR) is 100 cm³/mol. The molecule has 27 heavy (non-hydrogen) atoms. The standard InChI is InChI=1S/C20H24N4O3/c25-18-15-7-9-24(12-17(15)22-20(27)23-18)19(26)16(14-5-1-2-6-14)10-13-4-3-8-21-11-13/h3-4,8,11,14,16H,1-2,5-7,9-10,12H2,(H2,22,23,25,27). The second-order valence-electron chi connectivity index (χ2n) is 7.59. The molecule has 1 atom stereocenters. The van der Waals surface area contributed by atoms with Crippen molar-refractivity contribution in [2.75, 3.05) is 6.54 Å². The van der Waals surface area contributed by atoms with Crippen LogP contribution in [-0.4, -0.2) is 32.3 Å². The molecule has 1 unspecified atom stereocenters. The number of rotatable bonds is 4. The molecular formula is C20H24N4O3. The summed E-state index contributed by atoms with van der Waals surface area (Å²) in [5.74, 6) is 0.432. The molecule has 142 valence electrons. The van der Waals surface area contributed by atoms with Crippen molar-refractivity contribution >= 4 is 5.91 Å². The average Bonchev–Trinajstić information content (AvgIpc) is 3.20. The summed E-state index contributed by atoms with van der Waals surface area (Å²) in [6, 6.07) is 3.92. The van der Waals surface area contributed by atoms with Crippen molar-refractivity contribution in [3.05, 3.63) is 62.2 Å². The van der Waals surface area contributed by atoms with E-state index >= 15 is 0 Å². The van der Waals surface area contributed by atoms with E-state index in [1.807, 2.05) is 18.3 Å². The molecule has 4 rings (SSSR count). The molecule has 3 heterocycles. The van der Waals surface area contributed by atoms with Crippen molar-refractivity contribution in [2.45, 2.75) is 45.1 Å². The van der Waals surface area contributed by atoms with Crippen molar-refractivity contribution in [1.82, 2.24) is 19.9 Å². The highest BCUT2D eigenvalue weighted by molar-refractivity contribution is 5.79. The number of nitrogens with zero attached hydrogens (tertiary/aromatic N) is 2. The third-order valence-electron chi connectivity index (χ3n) is 5.89. The highest BCUT2D eigenvalue weighted by Crippen LogP contribution is 2.35. The second-order valence-corrected chi connectivity index (χ2v) is 7.59. The predicted octanol–water partition coefficient (Wildman–Crippen LogP) is 1.39. The Balaban J connectivity index is 1.57. The largest absolute Gasteiger partial charge is 0.336 e. The molecule has 2 N–H and O–H groups in total. The molecule has 0 saturated heterocycles. The first-order valence-electron chi connectivity index (χ1n) is 9.64. The first kappa shape index (κ1) is 17.7. The van der Waals surface area contributed by atoms with Crippen LogP contribution < -0.4 is 11.2 Å². The molecule has 2 aliphatic rings. The van der Waals surface area contributed by atoms with Gasteiger partial charge in [-0.25, -0.2) is 4.79 Å². The first-order chi connectivity index (χ1) is 13.1. The summed E-state index contributed by atoms with van der Waals surface area (Å²) < 4.78 is 0. The van der Waals surface area contributed by atoms with Crippen molar-refractivity contribution < 1.29 is 4.79 Å². The van der Waals surface area contributed by atoms with Crippen molar-refractivity contribution in [3.8, 4) is 0 Å². The number of aromatic amines is 2. The Morgan fingerprint density at radius 1 is 1.26 bits per heavy atom. The number of hydrogen-bond acceptors (Lipinski definition) is 4. The van der Waals surface area contributed by atoms with Crippen LogP contribution in [0.3, 0.4) is 0 Å². The zero-order valence-corrected chi connectivity index (χ0v) is 15.2. The van der Waals surface area contributed by atoms with Crippen LogP contribution in [0.5, 0.6) is 0 Å². The average molecular weight is 368 g/mol. The topological polar surface area (TPSA) is 98.9 Å². The van der Waals surface area contributed by atoms with Crippen LogP contribution in [0, 0.1) is 11.8 Å². The number of nitrogens with one attached hydrogen (secondary N) is 2. The minimum absolute atomic E-state index is 0.0769. The van der Waals surface area contributed by atoms with Gasteiger partial charge in [-0.15, -0.1) is 0 Å². The number of aromatic nitrogens is 3. The molecular weight excluding hydrogens is 344 g/mol. The lowest BCUT2D eigenvalue weighted by atomic mass is 9.84. The molecule has 2 aromatic rings. The van der Waals surface area contributed by atoms with Gasteiger partial charge in [-0.2, -0.15) is 0 Å². The third-order valence-corrected chi connectivity index (χ3v) is 5.89. The van der Waals surface area contributed by atoms with Gasteiger partial charge in [-0.05, 0) is 43.2 Å². The highest BCUT2D eigenvalue weighted by atomic mass is 16.2. The monoisotopic (exact) mass is 368 g/mol. The van der Waals surface area contributed by atoms with Crippen LogP contribution in [0.15, 0.2) is 34.1 Å². The van der Waals surface area contributed by atoms with E-state index in [9.17, 15) is 14.4 Å². The molecule has 7 heteroatoms. The van der Waals surface area contributed by atoms with Gasteiger partial charge in [0, 0.05) is 36.1 Å². The number of amides is 1. The van der Waals surface area contributed by atoms with Crippen LogP contribution in [0.4, 0.5) is 0 Å². The number of pyridine rings is 1. The van der Waals surface area contributed by atoms with Gasteiger partial charge in [-0.3, -0.25) is 19.6 Å². The Hall–Kier alpha value is -2.70. The summed E-state index contributed by atoms with van der Waals surface area (Å²) in [6.07, 6.45) is 9.24. The van der Waals surface area contributed by atoms with E-state index in [0.29, 0.717) is 43.1 Å². The Bertz CT molecular complexity index is 928. The van der Waals surface area contributed by atoms with Crippen LogP contribution in [0.2, 0.25) is 0 Å². The van der Waals surface area contributed by atoms with E-state index in [1.165, 1.54) is 12.8 Å². The molecule has 1 aliphatic carbocycles. The Morgan fingerprint density at radius 3 is 2.81 bits per heavy atom. The SMILES string of the molecule is O=C(C(Cc1cccnc1)C1CCCC1)N1CCc2c([nH]c(=O)[nH]c2=O)C1. The van der Waals surface area contributed by atoms with Crippen molar-refractivity contribution in [1.29, 1.82) is 0 Å². The lowest BCUT2D eigenvalue weighted by molar-refractivity contribution is -0.138. The van der Waals surface area contributed by atoms with Gasteiger partial charge in [0.15, 0.2) is 0 Å². The summed E-state index contributed by atoms with van der Waals surface area (Å²) in [7, 11) is 0. The fourth-order valence-electron chi connectivity index (χ4n) is 4.49. The smallest absolute Gasteiger partial charge is 0.325 e. The fourth-order valence-corrected chi connectivity index (χ4v) is 4.49. The molecule has 0 aromatic carbocycles. The maximum Gasteiger partial charge on any atom is 0.325 e. The molecule has 1 saturated carbocycles. The van der Waals surface area contributed by atoms with Gasteiger partial charge in [-0.1, -0.05) is 18.9 Å². The van der Waals surface area contributed by atoms with Gasteiger partial charge < -0.3 is 9.88 Å². The first-order valence-corrected chi connectivity index (χ1v) is 9.64. The molecule has 2 aromatic heterocycles. The minimum Gasteiger partial charge on any atom is -0.336 e. The van der Waals surface area contributed by atoms with E-state index in [0.717, 1.165) is 18.4 Å². The third kappa shape index (κ3) is 3.72. The Labute approximate surface area is 156 Å². The van der Waals surface area contributed by atoms with Crippen molar-refractivity contribution in [2.24, 2.45) is 11.8 Å². The van der Waals surface area contributed by atoms with Crippen LogP contribution in [0.1, 0.15) is 42.5 Å². The molecule has 1 aliphatic heterocycles. The Morgan fingerprint density at radius 2 is 2.07 bits per heavy atom. The van der Waals surface area contributed by atoms with E-state index in [-0.39, 0.29) is 17.4 Å². The summed E-state index contributed by atoms with van der Waals surface area (Å²) >= 11 is 0. The molecule has 1 fully saturated rings. The van der Waals surface area contributed by atoms with Gasteiger partial charge in [0.2, 0.25) is 5.91 Å². The van der Waals surface area contributed by atoms with E-state index < -0.39 is 5.69 Å². The minimum atomic E-state index is -0.518. The van der Waals surface area contributed by atoms with Crippen LogP contribution in [0.25, 0.3) is 0 Å². The number of carbonyl (C=O) groups excluding carboxylic acids is 1. The van der Waals surface area contributed by atoms with Crippen molar-refractivity contribution in [3.63, 3.8) is 0 Å². The lowest BCUT2D eigenvalue weighted by Crippen LogP contribution is -2.45. The van der Waals surface area contributed by atoms with Crippen LogP contribution in [-0.2, 0) is 24.2 Å². The Kier molecular flexibility index (Phi) is 4.92. The van der Waals surface area contributed by atoms with Crippen LogP contribution >= 0.6 is 0 Å². The molecule has 0 radical (unpaired) electrons. The van der Waals surface area contributed by atoms with E-state index in [2.05, 4.69) is 15.0 Å². The van der Waals surface area contributed by atoms with E-state index in [1.54, 1.807) is 11.1 Å². The fraction of sp³-hybridized carbons (Fsp3) is 0.500. The van der Waals surface area contributed by atoms with Gasteiger partial charge in [0.1, 0.15) is 0 Å².